The van der Waals surface area contributed by atoms with E-state index in [1.807, 2.05) is 12.1 Å². The van der Waals surface area contributed by atoms with Crippen molar-refractivity contribution in [3.05, 3.63) is 58.7 Å². The van der Waals surface area contributed by atoms with Crippen LogP contribution in [0.2, 0.25) is 0 Å². The Morgan fingerprint density at radius 1 is 0.739 bits per heavy atom. The Kier molecular flexibility index (Phi) is 6.52. The van der Waals surface area contributed by atoms with Gasteiger partial charge in [0.2, 0.25) is 0 Å². The van der Waals surface area contributed by atoms with Crippen molar-refractivity contribution in [2.45, 2.75) is 53.6 Å². The number of rotatable bonds is 8. The molecular formula is C21H28O2. The lowest BCUT2D eigenvalue weighted by atomic mass is 10.1. The van der Waals surface area contributed by atoms with Gasteiger partial charge in [-0.05, 0) is 61.1 Å². The van der Waals surface area contributed by atoms with Gasteiger partial charge in [0.25, 0.3) is 0 Å². The van der Waals surface area contributed by atoms with Gasteiger partial charge in [-0.3, -0.25) is 0 Å². The van der Waals surface area contributed by atoms with Crippen LogP contribution in [0, 0.1) is 13.8 Å². The molecule has 2 aromatic rings. The minimum Gasteiger partial charge on any atom is -0.493 e. The highest BCUT2D eigenvalue weighted by molar-refractivity contribution is 5.47. The molecule has 0 aliphatic rings. The van der Waals surface area contributed by atoms with Gasteiger partial charge in [-0.15, -0.1) is 0 Å². The molecule has 0 saturated heterocycles. The molecule has 2 heteroatoms. The molecule has 0 aromatic heterocycles. The van der Waals surface area contributed by atoms with E-state index in [0.29, 0.717) is 6.61 Å². The van der Waals surface area contributed by atoms with Crippen molar-refractivity contribution in [2.75, 3.05) is 6.61 Å². The molecule has 2 aromatic carbocycles. The average molecular weight is 312 g/mol. The molecule has 0 amide bonds. The first kappa shape index (κ1) is 17.4. The highest BCUT2D eigenvalue weighted by atomic mass is 16.5. The molecular weight excluding hydrogens is 284 g/mol. The third-order valence-electron chi connectivity index (χ3n) is 4.27. The maximum absolute atomic E-state index is 6.00. The zero-order valence-electron chi connectivity index (χ0n) is 14.8. The van der Waals surface area contributed by atoms with Crippen LogP contribution in [-0.4, -0.2) is 6.61 Å². The number of aryl methyl sites for hydroxylation is 1. The monoisotopic (exact) mass is 312 g/mol. The molecule has 23 heavy (non-hydrogen) atoms. The van der Waals surface area contributed by atoms with Crippen LogP contribution in [-0.2, 0) is 13.0 Å². The van der Waals surface area contributed by atoms with Crippen molar-refractivity contribution in [3.8, 4) is 11.5 Å². The van der Waals surface area contributed by atoms with Gasteiger partial charge in [-0.25, -0.2) is 0 Å². The summed E-state index contributed by atoms with van der Waals surface area (Å²) in [5.74, 6) is 1.90. The maximum Gasteiger partial charge on any atom is 0.123 e. The number of benzene rings is 2. The molecule has 2 rings (SSSR count). The fraction of sp³-hybridized carbons (Fsp3) is 0.429. The molecule has 0 aliphatic heterocycles. The summed E-state index contributed by atoms with van der Waals surface area (Å²) in [6.07, 6.45) is 3.31. The highest BCUT2D eigenvalue weighted by Crippen LogP contribution is 2.29. The third kappa shape index (κ3) is 4.75. The predicted molar refractivity (Wildman–Crippen MR) is 96.5 cm³/mol. The lowest BCUT2D eigenvalue weighted by Gasteiger charge is -2.15. The van der Waals surface area contributed by atoms with E-state index in [2.05, 4.69) is 52.0 Å². The summed E-state index contributed by atoms with van der Waals surface area (Å²) in [4.78, 5) is 0. The molecule has 0 saturated carbocycles. The van der Waals surface area contributed by atoms with Crippen molar-refractivity contribution in [3.63, 3.8) is 0 Å². The second-order valence-corrected chi connectivity index (χ2v) is 5.97. The fourth-order valence-electron chi connectivity index (χ4n) is 2.44. The van der Waals surface area contributed by atoms with Gasteiger partial charge >= 0.3 is 0 Å². The molecule has 0 bridgehead atoms. The van der Waals surface area contributed by atoms with Crippen molar-refractivity contribution < 1.29 is 9.47 Å². The number of hydrogen-bond donors (Lipinski definition) is 0. The summed E-state index contributed by atoms with van der Waals surface area (Å²) >= 11 is 0. The van der Waals surface area contributed by atoms with Crippen LogP contribution in [0.15, 0.2) is 36.4 Å². The largest absolute Gasteiger partial charge is 0.493 e. The molecule has 0 atom stereocenters. The van der Waals surface area contributed by atoms with Gasteiger partial charge in [0.05, 0.1) is 6.61 Å². The van der Waals surface area contributed by atoms with E-state index in [1.54, 1.807) is 0 Å². The topological polar surface area (TPSA) is 18.5 Å². The Morgan fingerprint density at radius 3 is 1.87 bits per heavy atom. The average Bonchev–Trinajstić information content (AvgIpc) is 2.58. The number of ether oxygens (including phenoxy) is 2. The molecule has 0 spiro atoms. The summed E-state index contributed by atoms with van der Waals surface area (Å²) in [6, 6.07) is 12.7. The van der Waals surface area contributed by atoms with Crippen LogP contribution >= 0.6 is 0 Å². The van der Waals surface area contributed by atoms with Gasteiger partial charge in [0.15, 0.2) is 0 Å². The molecule has 2 nitrogen and oxygen atoms in total. The molecule has 0 N–H and O–H groups in total. The minimum atomic E-state index is 0.598. The molecule has 0 aliphatic carbocycles. The highest BCUT2D eigenvalue weighted by Gasteiger charge is 2.08. The van der Waals surface area contributed by atoms with Crippen LogP contribution in [0.4, 0.5) is 0 Å². The van der Waals surface area contributed by atoms with Crippen LogP contribution < -0.4 is 9.47 Å². The Bertz CT molecular complexity index is 614. The van der Waals surface area contributed by atoms with E-state index in [9.17, 15) is 0 Å². The first-order chi connectivity index (χ1) is 11.2. The van der Waals surface area contributed by atoms with Gasteiger partial charge < -0.3 is 9.47 Å². The Hall–Kier alpha value is -1.96. The van der Waals surface area contributed by atoms with Crippen molar-refractivity contribution in [1.29, 1.82) is 0 Å². The van der Waals surface area contributed by atoms with Crippen molar-refractivity contribution in [2.24, 2.45) is 0 Å². The Morgan fingerprint density at radius 2 is 1.30 bits per heavy atom. The van der Waals surface area contributed by atoms with Crippen LogP contribution in [0.5, 0.6) is 11.5 Å². The summed E-state index contributed by atoms with van der Waals surface area (Å²) in [7, 11) is 0. The summed E-state index contributed by atoms with van der Waals surface area (Å²) in [5, 5.41) is 0. The van der Waals surface area contributed by atoms with Crippen LogP contribution in [0.25, 0.3) is 0 Å². The SMILES string of the molecule is CCCCOc1ccc(OCc2ccc(CC)cc2)c(C)c1C. The normalized spacial score (nSPS) is 10.6. The Labute approximate surface area is 140 Å². The minimum absolute atomic E-state index is 0.598. The van der Waals surface area contributed by atoms with E-state index >= 15 is 0 Å². The number of hydrogen-bond acceptors (Lipinski definition) is 2. The van der Waals surface area contributed by atoms with Crippen molar-refractivity contribution >= 4 is 0 Å². The van der Waals surface area contributed by atoms with Crippen LogP contribution in [0.3, 0.4) is 0 Å². The van der Waals surface area contributed by atoms with E-state index in [0.717, 1.165) is 42.9 Å². The van der Waals surface area contributed by atoms with Crippen molar-refractivity contribution in [1.82, 2.24) is 0 Å². The zero-order chi connectivity index (χ0) is 16.7. The molecule has 0 fully saturated rings. The smallest absolute Gasteiger partial charge is 0.123 e. The van der Waals surface area contributed by atoms with Gasteiger partial charge in [-0.1, -0.05) is 44.5 Å². The summed E-state index contributed by atoms with van der Waals surface area (Å²) in [5.41, 5.74) is 4.88. The summed E-state index contributed by atoms with van der Waals surface area (Å²) < 4.78 is 11.8. The predicted octanol–water partition coefficient (Wildman–Crippen LogP) is 5.62. The number of unbranched alkanes of at least 4 members (excludes halogenated alkanes) is 1. The second-order valence-electron chi connectivity index (χ2n) is 5.97. The van der Waals surface area contributed by atoms with E-state index in [4.69, 9.17) is 9.47 Å². The first-order valence-corrected chi connectivity index (χ1v) is 8.59. The lowest BCUT2D eigenvalue weighted by Crippen LogP contribution is -2.02. The van der Waals surface area contributed by atoms with Gasteiger partial charge in [0.1, 0.15) is 18.1 Å². The van der Waals surface area contributed by atoms with E-state index < -0.39 is 0 Å². The third-order valence-corrected chi connectivity index (χ3v) is 4.27. The maximum atomic E-state index is 6.00. The van der Waals surface area contributed by atoms with E-state index in [-0.39, 0.29) is 0 Å². The zero-order valence-corrected chi connectivity index (χ0v) is 14.8. The summed E-state index contributed by atoms with van der Waals surface area (Å²) in [6.45, 7) is 9.91. The Balaban J connectivity index is 2.00. The van der Waals surface area contributed by atoms with Gasteiger partial charge in [-0.2, -0.15) is 0 Å². The second kappa shape index (κ2) is 8.61. The quantitative estimate of drug-likeness (QED) is 0.589. The molecule has 0 radical (unpaired) electrons. The van der Waals surface area contributed by atoms with E-state index in [1.165, 1.54) is 16.7 Å². The first-order valence-electron chi connectivity index (χ1n) is 8.59. The van der Waals surface area contributed by atoms with Crippen LogP contribution in [0.1, 0.15) is 48.9 Å². The standard InChI is InChI=1S/C21H28O2/c1-5-7-14-22-20-12-13-21(17(4)16(20)3)23-15-19-10-8-18(6-2)9-11-19/h8-13H,5-7,14-15H2,1-4H3. The van der Waals surface area contributed by atoms with Gasteiger partial charge in [0, 0.05) is 0 Å². The lowest BCUT2D eigenvalue weighted by molar-refractivity contribution is 0.295. The molecule has 0 heterocycles. The fourth-order valence-corrected chi connectivity index (χ4v) is 2.44. The molecule has 124 valence electrons. The molecule has 0 unspecified atom stereocenters.